The number of hydrogen-bond acceptors (Lipinski definition) is 2. The average molecular weight is 192 g/mol. The van der Waals surface area contributed by atoms with Gasteiger partial charge < -0.3 is 10.2 Å². The lowest BCUT2D eigenvalue weighted by Gasteiger charge is -2.21. The summed E-state index contributed by atoms with van der Waals surface area (Å²) >= 11 is 0. The fourth-order valence-electron chi connectivity index (χ4n) is 1.25. The summed E-state index contributed by atoms with van der Waals surface area (Å²) in [4.78, 5) is 10.9. The van der Waals surface area contributed by atoms with Crippen LogP contribution in [0.25, 0.3) is 0 Å². The average Bonchev–Trinajstić information content (AvgIpc) is 2.19. The molecule has 0 unspecified atom stereocenters. The van der Waals surface area contributed by atoms with Crippen LogP contribution in [0.2, 0.25) is 0 Å². The summed E-state index contributed by atoms with van der Waals surface area (Å²) in [6.07, 6.45) is 1.38. The molecule has 0 saturated carbocycles. The highest BCUT2D eigenvalue weighted by Crippen LogP contribution is 2.25. The van der Waals surface area contributed by atoms with Crippen molar-refractivity contribution in [1.82, 2.24) is 0 Å². The molecule has 0 amide bonds. The second-order valence-electron chi connectivity index (χ2n) is 3.02. The van der Waals surface area contributed by atoms with Crippen molar-refractivity contribution in [2.45, 2.75) is 12.0 Å². The zero-order valence-corrected chi connectivity index (χ0v) is 7.68. The zero-order chi connectivity index (χ0) is 10.6. The van der Waals surface area contributed by atoms with Crippen molar-refractivity contribution in [3.63, 3.8) is 0 Å². The lowest BCUT2D eigenvalue weighted by molar-refractivity contribution is -0.159. The SMILES string of the molecule is C=CC[C@](O)(C(=O)O)c1ccccc1. The van der Waals surface area contributed by atoms with E-state index in [-0.39, 0.29) is 6.42 Å². The number of carbonyl (C=O) groups is 1. The van der Waals surface area contributed by atoms with Gasteiger partial charge in [-0.3, -0.25) is 0 Å². The van der Waals surface area contributed by atoms with Crippen molar-refractivity contribution in [1.29, 1.82) is 0 Å². The van der Waals surface area contributed by atoms with Gasteiger partial charge in [0.1, 0.15) is 0 Å². The predicted octanol–water partition coefficient (Wildman–Crippen LogP) is 1.53. The van der Waals surface area contributed by atoms with Gasteiger partial charge in [-0.1, -0.05) is 36.4 Å². The Hall–Kier alpha value is -1.61. The Morgan fingerprint density at radius 2 is 2.00 bits per heavy atom. The van der Waals surface area contributed by atoms with Crippen LogP contribution >= 0.6 is 0 Å². The van der Waals surface area contributed by atoms with Crippen LogP contribution in [-0.2, 0) is 10.4 Å². The summed E-state index contributed by atoms with van der Waals surface area (Å²) in [6.45, 7) is 3.43. The highest BCUT2D eigenvalue weighted by atomic mass is 16.4. The summed E-state index contributed by atoms with van der Waals surface area (Å²) in [5.74, 6) is -1.26. The third-order valence-corrected chi connectivity index (χ3v) is 2.04. The normalized spacial score (nSPS) is 14.4. The molecule has 0 aliphatic heterocycles. The molecule has 1 rings (SSSR count). The van der Waals surface area contributed by atoms with Crippen LogP contribution in [0.1, 0.15) is 12.0 Å². The monoisotopic (exact) mass is 192 g/mol. The molecular weight excluding hydrogens is 180 g/mol. The van der Waals surface area contributed by atoms with Crippen molar-refractivity contribution in [3.8, 4) is 0 Å². The molecule has 0 spiro atoms. The molecule has 2 N–H and O–H groups in total. The van der Waals surface area contributed by atoms with E-state index < -0.39 is 11.6 Å². The largest absolute Gasteiger partial charge is 0.479 e. The smallest absolute Gasteiger partial charge is 0.340 e. The number of aliphatic carboxylic acids is 1. The van der Waals surface area contributed by atoms with Gasteiger partial charge in [-0.2, -0.15) is 0 Å². The van der Waals surface area contributed by atoms with E-state index in [9.17, 15) is 9.90 Å². The maximum Gasteiger partial charge on any atom is 0.340 e. The summed E-state index contributed by atoms with van der Waals surface area (Å²) in [5, 5.41) is 18.8. The fourth-order valence-corrected chi connectivity index (χ4v) is 1.25. The van der Waals surface area contributed by atoms with Crippen LogP contribution in [0.5, 0.6) is 0 Å². The molecule has 0 aromatic heterocycles. The van der Waals surface area contributed by atoms with Crippen LogP contribution in [-0.4, -0.2) is 16.2 Å². The Kier molecular flexibility index (Phi) is 3.04. The number of rotatable bonds is 4. The Balaban J connectivity index is 3.12. The second-order valence-corrected chi connectivity index (χ2v) is 3.02. The van der Waals surface area contributed by atoms with Crippen molar-refractivity contribution in [2.75, 3.05) is 0 Å². The molecule has 74 valence electrons. The molecule has 0 heterocycles. The number of hydrogen-bond donors (Lipinski definition) is 2. The molecule has 1 aromatic rings. The standard InChI is InChI=1S/C11H12O3/c1-2-8-11(14,10(12)13)9-6-4-3-5-7-9/h2-7,14H,1,8H2,(H,12,13)/t11-/m1/s1. The van der Waals surface area contributed by atoms with Crippen molar-refractivity contribution < 1.29 is 15.0 Å². The maximum absolute atomic E-state index is 10.9. The van der Waals surface area contributed by atoms with Gasteiger partial charge in [-0.05, 0) is 5.56 Å². The van der Waals surface area contributed by atoms with Gasteiger partial charge in [0.25, 0.3) is 0 Å². The number of carboxylic acid groups (broad SMARTS) is 1. The highest BCUT2D eigenvalue weighted by Gasteiger charge is 2.36. The van der Waals surface area contributed by atoms with Gasteiger partial charge >= 0.3 is 5.97 Å². The topological polar surface area (TPSA) is 57.5 Å². The minimum absolute atomic E-state index is 0.00759. The van der Waals surface area contributed by atoms with Gasteiger partial charge in [0, 0.05) is 6.42 Å². The maximum atomic E-state index is 10.9. The molecule has 0 aliphatic carbocycles. The third-order valence-electron chi connectivity index (χ3n) is 2.04. The van der Waals surface area contributed by atoms with E-state index >= 15 is 0 Å². The lowest BCUT2D eigenvalue weighted by Crippen LogP contribution is -2.34. The summed E-state index contributed by atoms with van der Waals surface area (Å²) in [6, 6.07) is 8.30. The first-order valence-electron chi connectivity index (χ1n) is 4.23. The first-order chi connectivity index (χ1) is 6.61. The Labute approximate surface area is 82.3 Å². The molecule has 0 saturated heterocycles. The molecule has 0 bridgehead atoms. The minimum Gasteiger partial charge on any atom is -0.479 e. The number of aliphatic hydroxyl groups is 1. The number of benzene rings is 1. The molecule has 1 atom stereocenters. The van der Waals surface area contributed by atoms with E-state index in [0.717, 1.165) is 0 Å². The summed E-state index contributed by atoms with van der Waals surface area (Å²) in [7, 11) is 0. The van der Waals surface area contributed by atoms with E-state index in [2.05, 4.69) is 6.58 Å². The quantitative estimate of drug-likeness (QED) is 0.711. The van der Waals surface area contributed by atoms with Crippen LogP contribution in [0.4, 0.5) is 0 Å². The van der Waals surface area contributed by atoms with Crippen molar-refractivity contribution >= 4 is 5.97 Å². The van der Waals surface area contributed by atoms with E-state index in [1.54, 1.807) is 30.3 Å². The van der Waals surface area contributed by atoms with Gasteiger partial charge in [0.2, 0.25) is 0 Å². The third kappa shape index (κ3) is 1.83. The molecule has 1 aromatic carbocycles. The first kappa shape index (κ1) is 10.5. The van der Waals surface area contributed by atoms with Gasteiger partial charge in [0.15, 0.2) is 5.60 Å². The molecule has 0 aliphatic rings. The van der Waals surface area contributed by atoms with Crippen LogP contribution < -0.4 is 0 Å². The highest BCUT2D eigenvalue weighted by molar-refractivity contribution is 5.79. The molecule has 0 fully saturated rings. The second kappa shape index (κ2) is 4.07. The van der Waals surface area contributed by atoms with Crippen LogP contribution in [0.15, 0.2) is 43.0 Å². The van der Waals surface area contributed by atoms with Crippen LogP contribution in [0, 0.1) is 0 Å². The van der Waals surface area contributed by atoms with Crippen molar-refractivity contribution in [2.24, 2.45) is 0 Å². The number of carboxylic acids is 1. The van der Waals surface area contributed by atoms with E-state index in [1.165, 1.54) is 6.08 Å². The van der Waals surface area contributed by atoms with Gasteiger partial charge in [0.05, 0.1) is 0 Å². The van der Waals surface area contributed by atoms with Gasteiger partial charge in [-0.25, -0.2) is 4.79 Å². The van der Waals surface area contributed by atoms with Crippen LogP contribution in [0.3, 0.4) is 0 Å². The summed E-state index contributed by atoms with van der Waals surface area (Å²) in [5.41, 5.74) is -1.49. The Morgan fingerprint density at radius 3 is 2.43 bits per heavy atom. The zero-order valence-electron chi connectivity index (χ0n) is 7.68. The predicted molar refractivity (Wildman–Crippen MR) is 52.8 cm³/mol. The minimum atomic E-state index is -1.86. The molecule has 0 radical (unpaired) electrons. The van der Waals surface area contributed by atoms with E-state index in [0.29, 0.717) is 5.56 Å². The fraction of sp³-hybridized carbons (Fsp3) is 0.182. The molecular formula is C11H12O3. The Morgan fingerprint density at radius 1 is 1.43 bits per heavy atom. The molecule has 3 nitrogen and oxygen atoms in total. The molecule has 14 heavy (non-hydrogen) atoms. The van der Waals surface area contributed by atoms with Gasteiger partial charge in [-0.15, -0.1) is 6.58 Å². The summed E-state index contributed by atoms with van der Waals surface area (Å²) < 4.78 is 0. The molecule has 3 heteroatoms. The first-order valence-corrected chi connectivity index (χ1v) is 4.23. The van der Waals surface area contributed by atoms with E-state index in [1.807, 2.05) is 0 Å². The lowest BCUT2D eigenvalue weighted by atomic mass is 9.91. The van der Waals surface area contributed by atoms with E-state index in [4.69, 9.17) is 5.11 Å². The Bertz CT molecular complexity index is 332. The van der Waals surface area contributed by atoms with Crippen molar-refractivity contribution in [3.05, 3.63) is 48.6 Å².